The number of rotatable bonds is 7. The van der Waals surface area contributed by atoms with E-state index in [1.165, 1.54) is 4.90 Å². The summed E-state index contributed by atoms with van der Waals surface area (Å²) in [7, 11) is 0. The Balaban J connectivity index is 2.29. The zero-order valence-electron chi connectivity index (χ0n) is 11.2. The van der Waals surface area contributed by atoms with Gasteiger partial charge in [0.25, 0.3) is 0 Å². The summed E-state index contributed by atoms with van der Waals surface area (Å²) in [6, 6.07) is 3.64. The van der Waals surface area contributed by atoms with Gasteiger partial charge in [-0.05, 0) is 25.5 Å². The van der Waals surface area contributed by atoms with Crippen LogP contribution in [0.4, 0.5) is 13.2 Å². The van der Waals surface area contributed by atoms with Gasteiger partial charge in [0.15, 0.2) is 0 Å². The van der Waals surface area contributed by atoms with Crippen molar-refractivity contribution in [3.05, 3.63) is 30.1 Å². The molecule has 0 aliphatic heterocycles. The van der Waals surface area contributed by atoms with E-state index in [2.05, 4.69) is 10.3 Å². The van der Waals surface area contributed by atoms with Crippen molar-refractivity contribution in [3.8, 4) is 0 Å². The van der Waals surface area contributed by atoms with E-state index in [1.807, 2.05) is 12.1 Å². The molecule has 0 radical (unpaired) electrons. The number of aromatic nitrogens is 1. The SMILES string of the molecule is CC(C)N(CCNCc1cccnc1)CC(F)(F)F. The lowest BCUT2D eigenvalue weighted by Crippen LogP contribution is -2.42. The first-order valence-corrected chi connectivity index (χ1v) is 6.29. The quantitative estimate of drug-likeness (QED) is 0.775. The molecule has 0 saturated carbocycles. The molecule has 0 aliphatic rings. The number of hydrogen-bond donors (Lipinski definition) is 1. The van der Waals surface area contributed by atoms with E-state index in [9.17, 15) is 13.2 Å². The van der Waals surface area contributed by atoms with Crippen LogP contribution in [0.5, 0.6) is 0 Å². The van der Waals surface area contributed by atoms with Crippen LogP contribution in [0.15, 0.2) is 24.5 Å². The van der Waals surface area contributed by atoms with E-state index in [0.29, 0.717) is 19.6 Å². The van der Waals surface area contributed by atoms with Crippen LogP contribution in [0.2, 0.25) is 0 Å². The van der Waals surface area contributed by atoms with Crippen molar-refractivity contribution < 1.29 is 13.2 Å². The van der Waals surface area contributed by atoms with Gasteiger partial charge in [0, 0.05) is 38.1 Å². The maximum Gasteiger partial charge on any atom is 0.401 e. The van der Waals surface area contributed by atoms with Crippen molar-refractivity contribution in [2.75, 3.05) is 19.6 Å². The van der Waals surface area contributed by atoms with Gasteiger partial charge >= 0.3 is 6.18 Å². The third-order valence-corrected chi connectivity index (χ3v) is 2.74. The molecule has 1 rings (SSSR count). The fourth-order valence-corrected chi connectivity index (χ4v) is 1.71. The van der Waals surface area contributed by atoms with E-state index in [4.69, 9.17) is 0 Å². The van der Waals surface area contributed by atoms with Gasteiger partial charge in [0.05, 0.1) is 6.54 Å². The van der Waals surface area contributed by atoms with Crippen molar-refractivity contribution in [3.63, 3.8) is 0 Å². The molecule has 108 valence electrons. The summed E-state index contributed by atoms with van der Waals surface area (Å²) >= 11 is 0. The molecule has 0 unspecified atom stereocenters. The summed E-state index contributed by atoms with van der Waals surface area (Å²) in [6.45, 7) is 4.19. The molecule has 0 amide bonds. The fourth-order valence-electron chi connectivity index (χ4n) is 1.71. The Morgan fingerprint density at radius 2 is 2.11 bits per heavy atom. The van der Waals surface area contributed by atoms with E-state index in [0.717, 1.165) is 5.56 Å². The van der Waals surface area contributed by atoms with E-state index in [1.54, 1.807) is 26.2 Å². The Morgan fingerprint density at radius 3 is 2.63 bits per heavy atom. The summed E-state index contributed by atoms with van der Waals surface area (Å²) < 4.78 is 37.1. The van der Waals surface area contributed by atoms with Crippen molar-refractivity contribution in [2.24, 2.45) is 0 Å². The first-order valence-electron chi connectivity index (χ1n) is 6.29. The number of alkyl halides is 3. The van der Waals surface area contributed by atoms with Gasteiger partial charge in [-0.25, -0.2) is 0 Å². The molecule has 1 aromatic heterocycles. The normalized spacial score (nSPS) is 12.4. The third kappa shape index (κ3) is 7.12. The minimum absolute atomic E-state index is 0.123. The van der Waals surface area contributed by atoms with Gasteiger partial charge in [-0.15, -0.1) is 0 Å². The van der Waals surface area contributed by atoms with E-state index in [-0.39, 0.29) is 6.04 Å². The molecule has 0 bridgehead atoms. The highest BCUT2D eigenvalue weighted by Gasteiger charge is 2.31. The summed E-state index contributed by atoms with van der Waals surface area (Å²) in [5.74, 6) is 0. The highest BCUT2D eigenvalue weighted by Crippen LogP contribution is 2.17. The molecular formula is C13H20F3N3. The maximum absolute atomic E-state index is 12.4. The van der Waals surface area contributed by atoms with Gasteiger partial charge < -0.3 is 5.32 Å². The topological polar surface area (TPSA) is 28.2 Å². The lowest BCUT2D eigenvalue weighted by atomic mass is 10.3. The molecule has 19 heavy (non-hydrogen) atoms. The van der Waals surface area contributed by atoms with Crippen LogP contribution in [-0.2, 0) is 6.54 Å². The minimum atomic E-state index is -4.15. The first kappa shape index (κ1) is 15.9. The van der Waals surface area contributed by atoms with Gasteiger partial charge in [0.1, 0.15) is 0 Å². The highest BCUT2D eigenvalue weighted by atomic mass is 19.4. The maximum atomic E-state index is 12.4. The molecule has 0 fully saturated rings. The number of nitrogens with one attached hydrogen (secondary N) is 1. The number of pyridine rings is 1. The standard InChI is InChI=1S/C13H20F3N3/c1-11(2)19(10-13(14,15)16)7-6-18-9-12-4-3-5-17-8-12/h3-5,8,11,18H,6-7,9-10H2,1-2H3. The van der Waals surface area contributed by atoms with Crippen LogP contribution < -0.4 is 5.32 Å². The van der Waals surface area contributed by atoms with Gasteiger partial charge in [-0.1, -0.05) is 6.07 Å². The Morgan fingerprint density at radius 1 is 1.37 bits per heavy atom. The highest BCUT2D eigenvalue weighted by molar-refractivity contribution is 5.07. The van der Waals surface area contributed by atoms with Crippen LogP contribution in [0, 0.1) is 0 Å². The molecule has 3 nitrogen and oxygen atoms in total. The zero-order chi connectivity index (χ0) is 14.3. The van der Waals surface area contributed by atoms with Crippen molar-refractivity contribution in [2.45, 2.75) is 32.6 Å². The van der Waals surface area contributed by atoms with E-state index >= 15 is 0 Å². The van der Waals surface area contributed by atoms with Gasteiger partial charge in [-0.3, -0.25) is 9.88 Å². The largest absolute Gasteiger partial charge is 0.401 e. The van der Waals surface area contributed by atoms with E-state index < -0.39 is 12.7 Å². The summed E-state index contributed by atoms with van der Waals surface area (Å²) in [4.78, 5) is 5.39. The van der Waals surface area contributed by atoms with Crippen LogP contribution >= 0.6 is 0 Å². The molecule has 1 aromatic rings. The molecule has 1 N–H and O–H groups in total. The van der Waals surface area contributed by atoms with Crippen LogP contribution in [0.3, 0.4) is 0 Å². The molecule has 1 heterocycles. The minimum Gasteiger partial charge on any atom is -0.311 e. The second-order valence-electron chi connectivity index (χ2n) is 4.72. The third-order valence-electron chi connectivity index (χ3n) is 2.74. The predicted octanol–water partition coefficient (Wildman–Crippen LogP) is 2.44. The van der Waals surface area contributed by atoms with Crippen LogP contribution in [0.25, 0.3) is 0 Å². The summed E-state index contributed by atoms with van der Waals surface area (Å²) in [5, 5.41) is 3.12. The van der Waals surface area contributed by atoms with Gasteiger partial charge in [0.2, 0.25) is 0 Å². The Labute approximate surface area is 111 Å². The molecule has 0 saturated heterocycles. The van der Waals surface area contributed by atoms with Crippen LogP contribution in [-0.4, -0.2) is 41.7 Å². The second kappa shape index (κ2) is 7.45. The average molecular weight is 275 g/mol. The molecular weight excluding hydrogens is 255 g/mol. The monoisotopic (exact) mass is 275 g/mol. The summed E-state index contributed by atoms with van der Waals surface area (Å²) in [5.41, 5.74) is 1.02. The van der Waals surface area contributed by atoms with Crippen molar-refractivity contribution in [1.29, 1.82) is 0 Å². The first-order chi connectivity index (χ1) is 8.88. The van der Waals surface area contributed by atoms with Gasteiger partial charge in [-0.2, -0.15) is 13.2 Å². The van der Waals surface area contributed by atoms with Crippen LogP contribution in [0.1, 0.15) is 19.4 Å². The lowest BCUT2D eigenvalue weighted by Gasteiger charge is -2.27. The van der Waals surface area contributed by atoms with Crippen molar-refractivity contribution >= 4 is 0 Å². The number of hydrogen-bond acceptors (Lipinski definition) is 3. The second-order valence-corrected chi connectivity index (χ2v) is 4.72. The molecule has 0 spiro atoms. The molecule has 0 aromatic carbocycles. The molecule has 0 atom stereocenters. The number of nitrogens with zero attached hydrogens (tertiary/aromatic N) is 2. The lowest BCUT2D eigenvalue weighted by molar-refractivity contribution is -0.149. The van der Waals surface area contributed by atoms with Crippen molar-refractivity contribution in [1.82, 2.24) is 15.2 Å². The Bertz CT molecular complexity index is 352. The average Bonchev–Trinajstić information content (AvgIpc) is 2.32. The fraction of sp³-hybridized carbons (Fsp3) is 0.615. The molecule has 6 heteroatoms. The Hall–Kier alpha value is -1.14. The smallest absolute Gasteiger partial charge is 0.311 e. The predicted molar refractivity (Wildman–Crippen MR) is 68.7 cm³/mol. The zero-order valence-corrected chi connectivity index (χ0v) is 11.2. The summed E-state index contributed by atoms with van der Waals surface area (Å²) in [6.07, 6.45) is -0.718. The Kier molecular flexibility index (Phi) is 6.24. The molecule has 0 aliphatic carbocycles. The number of halogens is 3.